The predicted molar refractivity (Wildman–Crippen MR) is 77.1 cm³/mol. The standard InChI is InChI=1S/C12H18N2OS2/c15-12-3-1-2-5-14(12)6-4-13-9-11-10-16-7-8-17-11/h1-3,5,11,13H,4,6-10H2. The van der Waals surface area contributed by atoms with Crippen molar-refractivity contribution in [2.45, 2.75) is 11.8 Å². The van der Waals surface area contributed by atoms with Crippen LogP contribution in [0.4, 0.5) is 0 Å². The Kier molecular flexibility index (Phi) is 5.48. The third-order valence-electron chi connectivity index (χ3n) is 2.69. The number of rotatable bonds is 5. The van der Waals surface area contributed by atoms with E-state index in [0.29, 0.717) is 0 Å². The quantitative estimate of drug-likeness (QED) is 0.818. The summed E-state index contributed by atoms with van der Waals surface area (Å²) in [5, 5.41) is 4.17. The van der Waals surface area contributed by atoms with Crippen molar-refractivity contribution >= 4 is 23.5 Å². The first kappa shape index (κ1) is 13.1. The topological polar surface area (TPSA) is 34.0 Å². The molecule has 3 nitrogen and oxygen atoms in total. The van der Waals surface area contributed by atoms with Crippen molar-refractivity contribution < 1.29 is 0 Å². The van der Waals surface area contributed by atoms with Gasteiger partial charge in [0.2, 0.25) is 0 Å². The molecule has 0 bridgehead atoms. The highest BCUT2D eigenvalue weighted by atomic mass is 32.2. The Morgan fingerprint density at radius 3 is 3.12 bits per heavy atom. The molecule has 0 aromatic carbocycles. The molecule has 1 unspecified atom stereocenters. The molecule has 0 amide bonds. The molecular weight excluding hydrogens is 252 g/mol. The fraction of sp³-hybridized carbons (Fsp3) is 0.583. The van der Waals surface area contributed by atoms with E-state index in [1.54, 1.807) is 16.7 Å². The second-order valence-electron chi connectivity index (χ2n) is 4.00. The number of aromatic nitrogens is 1. The molecule has 1 N–H and O–H groups in total. The van der Waals surface area contributed by atoms with Crippen LogP contribution in [0.15, 0.2) is 29.2 Å². The Bertz CT molecular complexity index is 388. The summed E-state index contributed by atoms with van der Waals surface area (Å²) in [7, 11) is 0. The molecule has 17 heavy (non-hydrogen) atoms. The minimum Gasteiger partial charge on any atom is -0.314 e. The van der Waals surface area contributed by atoms with Crippen molar-refractivity contribution in [2.24, 2.45) is 0 Å². The summed E-state index contributed by atoms with van der Waals surface area (Å²) in [6.45, 7) is 2.68. The molecule has 1 atom stereocenters. The first-order chi connectivity index (χ1) is 8.36. The number of hydrogen-bond acceptors (Lipinski definition) is 4. The SMILES string of the molecule is O=c1ccccn1CCNCC1CSCCS1. The summed E-state index contributed by atoms with van der Waals surface area (Å²) in [4.78, 5) is 11.4. The monoisotopic (exact) mass is 270 g/mol. The zero-order chi connectivity index (χ0) is 11.9. The Balaban J connectivity index is 1.66. The van der Waals surface area contributed by atoms with Crippen LogP contribution in [0.1, 0.15) is 0 Å². The lowest BCUT2D eigenvalue weighted by atomic mass is 10.4. The van der Waals surface area contributed by atoms with Gasteiger partial charge in [0.05, 0.1) is 0 Å². The van der Waals surface area contributed by atoms with E-state index in [0.717, 1.165) is 24.9 Å². The van der Waals surface area contributed by atoms with Crippen molar-refractivity contribution in [3.05, 3.63) is 34.7 Å². The van der Waals surface area contributed by atoms with Crippen LogP contribution in [0.3, 0.4) is 0 Å². The molecule has 1 aliphatic rings. The van der Waals surface area contributed by atoms with Crippen molar-refractivity contribution in [2.75, 3.05) is 30.3 Å². The molecule has 1 saturated heterocycles. The molecule has 0 spiro atoms. The van der Waals surface area contributed by atoms with Crippen LogP contribution in [0.25, 0.3) is 0 Å². The average Bonchev–Trinajstić information content (AvgIpc) is 2.38. The summed E-state index contributed by atoms with van der Waals surface area (Å²) in [5.41, 5.74) is 0.0805. The van der Waals surface area contributed by atoms with Gasteiger partial charge in [-0.05, 0) is 6.07 Å². The lowest BCUT2D eigenvalue weighted by Crippen LogP contribution is -2.32. The average molecular weight is 270 g/mol. The first-order valence-electron chi connectivity index (χ1n) is 5.92. The predicted octanol–water partition coefficient (Wildman–Crippen LogP) is 1.29. The highest BCUT2D eigenvalue weighted by Crippen LogP contribution is 2.23. The van der Waals surface area contributed by atoms with Gasteiger partial charge < -0.3 is 9.88 Å². The number of nitrogens with one attached hydrogen (secondary N) is 1. The second kappa shape index (κ2) is 7.13. The Morgan fingerprint density at radius 1 is 1.41 bits per heavy atom. The fourth-order valence-electron chi connectivity index (χ4n) is 1.76. The maximum atomic E-state index is 11.4. The maximum absolute atomic E-state index is 11.4. The number of nitrogens with zero attached hydrogens (tertiary/aromatic N) is 1. The Hall–Kier alpha value is -0.390. The highest BCUT2D eigenvalue weighted by molar-refractivity contribution is 8.06. The molecule has 1 fully saturated rings. The molecular formula is C12H18N2OS2. The molecule has 5 heteroatoms. The second-order valence-corrected chi connectivity index (χ2v) is 6.56. The summed E-state index contributed by atoms with van der Waals surface area (Å²) >= 11 is 4.10. The van der Waals surface area contributed by atoms with E-state index in [1.807, 2.05) is 24.0 Å². The Morgan fingerprint density at radius 2 is 2.35 bits per heavy atom. The molecule has 0 radical (unpaired) electrons. The molecule has 2 heterocycles. The van der Waals surface area contributed by atoms with Gasteiger partial charge in [0, 0.05) is 54.4 Å². The van der Waals surface area contributed by atoms with Crippen LogP contribution in [0, 0.1) is 0 Å². The number of thioether (sulfide) groups is 2. The van der Waals surface area contributed by atoms with Gasteiger partial charge in [-0.3, -0.25) is 4.79 Å². The summed E-state index contributed by atoms with van der Waals surface area (Å²) in [6, 6.07) is 5.28. The molecule has 94 valence electrons. The van der Waals surface area contributed by atoms with Crippen LogP contribution >= 0.6 is 23.5 Å². The summed E-state index contributed by atoms with van der Waals surface area (Å²) in [5.74, 6) is 3.82. The molecule has 2 rings (SSSR count). The van der Waals surface area contributed by atoms with Gasteiger partial charge in [-0.15, -0.1) is 0 Å². The number of pyridine rings is 1. The van der Waals surface area contributed by atoms with Gasteiger partial charge >= 0.3 is 0 Å². The van der Waals surface area contributed by atoms with E-state index in [2.05, 4.69) is 17.1 Å². The van der Waals surface area contributed by atoms with Gasteiger partial charge in [0.25, 0.3) is 5.56 Å². The van der Waals surface area contributed by atoms with Crippen molar-refractivity contribution in [3.63, 3.8) is 0 Å². The normalized spacial score (nSPS) is 20.4. The van der Waals surface area contributed by atoms with E-state index in [-0.39, 0.29) is 5.56 Å². The Labute approximate surface area is 110 Å². The third-order valence-corrected chi connectivity index (χ3v) is 5.53. The number of hydrogen-bond donors (Lipinski definition) is 1. The smallest absolute Gasteiger partial charge is 0.250 e. The van der Waals surface area contributed by atoms with E-state index in [9.17, 15) is 4.79 Å². The van der Waals surface area contributed by atoms with E-state index >= 15 is 0 Å². The van der Waals surface area contributed by atoms with Crippen LogP contribution in [-0.4, -0.2) is 40.2 Å². The first-order valence-corrected chi connectivity index (χ1v) is 8.12. The third kappa shape index (κ3) is 4.41. The van der Waals surface area contributed by atoms with Crippen LogP contribution in [0.2, 0.25) is 0 Å². The summed E-state index contributed by atoms with van der Waals surface area (Å²) < 4.78 is 1.75. The van der Waals surface area contributed by atoms with Crippen LogP contribution in [0.5, 0.6) is 0 Å². The van der Waals surface area contributed by atoms with E-state index < -0.39 is 0 Å². The van der Waals surface area contributed by atoms with E-state index in [1.165, 1.54) is 17.3 Å². The molecule has 0 aliphatic carbocycles. The van der Waals surface area contributed by atoms with Crippen LogP contribution < -0.4 is 10.9 Å². The lowest BCUT2D eigenvalue weighted by Gasteiger charge is -2.21. The highest BCUT2D eigenvalue weighted by Gasteiger charge is 2.13. The fourth-order valence-corrected chi connectivity index (χ4v) is 4.41. The van der Waals surface area contributed by atoms with Crippen molar-refractivity contribution in [1.82, 2.24) is 9.88 Å². The maximum Gasteiger partial charge on any atom is 0.250 e. The van der Waals surface area contributed by atoms with Gasteiger partial charge in [0.1, 0.15) is 0 Å². The van der Waals surface area contributed by atoms with Crippen molar-refractivity contribution in [1.29, 1.82) is 0 Å². The molecule has 0 saturated carbocycles. The van der Waals surface area contributed by atoms with Gasteiger partial charge in [-0.25, -0.2) is 0 Å². The molecule has 1 aromatic heterocycles. The minimum atomic E-state index is 0.0805. The van der Waals surface area contributed by atoms with Gasteiger partial charge in [-0.2, -0.15) is 23.5 Å². The largest absolute Gasteiger partial charge is 0.314 e. The molecule has 1 aliphatic heterocycles. The van der Waals surface area contributed by atoms with E-state index in [4.69, 9.17) is 0 Å². The van der Waals surface area contributed by atoms with Crippen molar-refractivity contribution in [3.8, 4) is 0 Å². The zero-order valence-electron chi connectivity index (χ0n) is 9.80. The van der Waals surface area contributed by atoms with Gasteiger partial charge in [0.15, 0.2) is 0 Å². The summed E-state index contributed by atoms with van der Waals surface area (Å²) in [6.07, 6.45) is 1.84. The lowest BCUT2D eigenvalue weighted by molar-refractivity contribution is 0.586. The van der Waals surface area contributed by atoms with Gasteiger partial charge in [-0.1, -0.05) is 6.07 Å². The van der Waals surface area contributed by atoms with Crippen LogP contribution in [-0.2, 0) is 6.54 Å². The minimum absolute atomic E-state index is 0.0805. The molecule has 1 aromatic rings. The zero-order valence-corrected chi connectivity index (χ0v) is 11.4.